The average Bonchev–Trinajstić information content (AvgIpc) is 2.62. The Balaban J connectivity index is 1.79. The summed E-state index contributed by atoms with van der Waals surface area (Å²) in [5.74, 6) is 0.880. The van der Waals surface area contributed by atoms with Crippen LogP contribution in [0.25, 0.3) is 0 Å². The van der Waals surface area contributed by atoms with E-state index in [1.54, 1.807) is 0 Å². The Morgan fingerprint density at radius 2 is 1.77 bits per heavy atom. The van der Waals surface area contributed by atoms with E-state index in [-0.39, 0.29) is 17.9 Å². The van der Waals surface area contributed by atoms with Gasteiger partial charge in [0.05, 0.1) is 13.2 Å². The number of nitrogens with zero attached hydrogens (tertiary/aromatic N) is 2. The topological polar surface area (TPSA) is 61.9 Å². The summed E-state index contributed by atoms with van der Waals surface area (Å²) in [5, 5.41) is 2.90. The highest BCUT2D eigenvalue weighted by atomic mass is 16.5. The third kappa shape index (κ3) is 6.33. The second-order valence-corrected chi connectivity index (χ2v) is 7.02. The van der Waals surface area contributed by atoms with Gasteiger partial charge in [0, 0.05) is 37.8 Å². The second kappa shape index (κ2) is 10.2. The third-order valence-corrected chi connectivity index (χ3v) is 4.34. The number of ether oxygens (including phenoxy) is 1. The minimum absolute atomic E-state index is 0.0383. The van der Waals surface area contributed by atoms with Gasteiger partial charge in [-0.2, -0.15) is 0 Å². The smallest absolute Gasteiger partial charge is 0.253 e. The number of hydrogen-bond donors (Lipinski definition) is 1. The van der Waals surface area contributed by atoms with Crippen molar-refractivity contribution in [1.82, 2.24) is 15.1 Å². The highest BCUT2D eigenvalue weighted by Crippen LogP contribution is 2.15. The predicted octanol–water partition coefficient (Wildman–Crippen LogP) is 2.15. The lowest BCUT2D eigenvalue weighted by Crippen LogP contribution is -2.51. The van der Waals surface area contributed by atoms with Gasteiger partial charge in [0.1, 0.15) is 5.75 Å². The standard InChI is InChI=1S/C20H31N3O3/c1-4-5-14-26-18-8-6-17(7-9-18)20(25)23-12-10-22(11-13-23)15-19(24)21-16(2)3/h6-9,16H,4-5,10-15H2,1-3H3,(H,21,24). The highest BCUT2D eigenvalue weighted by molar-refractivity contribution is 5.94. The molecule has 1 aromatic carbocycles. The van der Waals surface area contributed by atoms with Crippen LogP contribution < -0.4 is 10.1 Å². The normalized spacial score (nSPS) is 15.2. The summed E-state index contributed by atoms with van der Waals surface area (Å²) in [6.07, 6.45) is 2.13. The molecule has 144 valence electrons. The number of piperazine rings is 1. The van der Waals surface area contributed by atoms with Gasteiger partial charge in [-0.15, -0.1) is 0 Å². The predicted molar refractivity (Wildman–Crippen MR) is 102 cm³/mol. The summed E-state index contributed by atoms with van der Waals surface area (Å²) in [6, 6.07) is 7.52. The molecule has 6 nitrogen and oxygen atoms in total. The Morgan fingerprint density at radius 3 is 2.35 bits per heavy atom. The van der Waals surface area contributed by atoms with Gasteiger partial charge in [0.15, 0.2) is 0 Å². The number of amides is 2. The van der Waals surface area contributed by atoms with Crippen LogP contribution in [0.3, 0.4) is 0 Å². The van der Waals surface area contributed by atoms with Crippen LogP contribution in [0, 0.1) is 0 Å². The number of carbonyl (C=O) groups excluding carboxylic acids is 2. The maximum absolute atomic E-state index is 12.6. The molecule has 0 saturated carbocycles. The molecule has 0 atom stereocenters. The molecule has 1 aromatic rings. The fraction of sp³-hybridized carbons (Fsp3) is 0.600. The fourth-order valence-corrected chi connectivity index (χ4v) is 2.89. The molecule has 0 bridgehead atoms. The molecule has 26 heavy (non-hydrogen) atoms. The van der Waals surface area contributed by atoms with E-state index in [0.717, 1.165) is 31.7 Å². The number of nitrogens with one attached hydrogen (secondary N) is 1. The van der Waals surface area contributed by atoms with Gasteiger partial charge in [-0.05, 0) is 44.5 Å². The Kier molecular flexibility index (Phi) is 7.91. The van der Waals surface area contributed by atoms with E-state index >= 15 is 0 Å². The highest BCUT2D eigenvalue weighted by Gasteiger charge is 2.23. The lowest BCUT2D eigenvalue weighted by molar-refractivity contribution is -0.123. The van der Waals surface area contributed by atoms with E-state index in [0.29, 0.717) is 31.8 Å². The lowest BCUT2D eigenvalue weighted by Gasteiger charge is -2.34. The first-order valence-corrected chi connectivity index (χ1v) is 9.53. The van der Waals surface area contributed by atoms with Crippen molar-refractivity contribution in [2.24, 2.45) is 0 Å². The minimum Gasteiger partial charge on any atom is -0.494 e. The molecular formula is C20H31N3O3. The van der Waals surface area contributed by atoms with Gasteiger partial charge < -0.3 is 15.0 Å². The van der Waals surface area contributed by atoms with Crippen LogP contribution in [0.5, 0.6) is 5.75 Å². The first kappa shape index (κ1) is 20.2. The quantitative estimate of drug-likeness (QED) is 0.721. The van der Waals surface area contributed by atoms with E-state index < -0.39 is 0 Å². The zero-order chi connectivity index (χ0) is 18.9. The zero-order valence-electron chi connectivity index (χ0n) is 16.2. The molecule has 0 unspecified atom stereocenters. The maximum atomic E-state index is 12.6. The average molecular weight is 361 g/mol. The molecule has 1 saturated heterocycles. The Labute approximate surface area is 156 Å². The first-order valence-electron chi connectivity index (χ1n) is 9.53. The summed E-state index contributed by atoms with van der Waals surface area (Å²) < 4.78 is 5.64. The molecule has 6 heteroatoms. The van der Waals surface area contributed by atoms with E-state index in [9.17, 15) is 9.59 Å². The van der Waals surface area contributed by atoms with E-state index in [2.05, 4.69) is 17.1 Å². The number of carbonyl (C=O) groups is 2. The minimum atomic E-state index is 0.0383. The van der Waals surface area contributed by atoms with Crippen LogP contribution in [-0.2, 0) is 4.79 Å². The summed E-state index contributed by atoms with van der Waals surface area (Å²) in [6.45, 7) is 9.85. The van der Waals surface area contributed by atoms with Gasteiger partial charge in [-0.3, -0.25) is 14.5 Å². The van der Waals surface area contributed by atoms with Gasteiger partial charge in [-0.25, -0.2) is 0 Å². The van der Waals surface area contributed by atoms with Crippen LogP contribution in [0.2, 0.25) is 0 Å². The molecule has 0 radical (unpaired) electrons. The zero-order valence-corrected chi connectivity index (χ0v) is 16.2. The Bertz CT molecular complexity index is 578. The van der Waals surface area contributed by atoms with Crippen molar-refractivity contribution in [3.8, 4) is 5.75 Å². The van der Waals surface area contributed by atoms with Crippen molar-refractivity contribution >= 4 is 11.8 Å². The number of benzene rings is 1. The molecule has 1 heterocycles. The van der Waals surface area contributed by atoms with E-state index in [1.165, 1.54) is 0 Å². The number of unbranched alkanes of at least 4 members (excludes halogenated alkanes) is 1. The van der Waals surface area contributed by atoms with Gasteiger partial charge in [0.2, 0.25) is 5.91 Å². The molecule has 1 aliphatic rings. The first-order chi connectivity index (χ1) is 12.5. The van der Waals surface area contributed by atoms with Crippen LogP contribution in [0.15, 0.2) is 24.3 Å². The molecule has 1 N–H and O–H groups in total. The van der Waals surface area contributed by atoms with Crippen LogP contribution >= 0.6 is 0 Å². The Morgan fingerprint density at radius 1 is 1.12 bits per heavy atom. The van der Waals surface area contributed by atoms with Crippen LogP contribution in [0.1, 0.15) is 44.0 Å². The van der Waals surface area contributed by atoms with Gasteiger partial charge in [-0.1, -0.05) is 13.3 Å². The van der Waals surface area contributed by atoms with E-state index in [4.69, 9.17) is 4.74 Å². The molecule has 2 rings (SSSR count). The summed E-state index contributed by atoms with van der Waals surface area (Å²) >= 11 is 0. The number of rotatable bonds is 8. The van der Waals surface area contributed by atoms with Gasteiger partial charge in [0.25, 0.3) is 5.91 Å². The third-order valence-electron chi connectivity index (χ3n) is 4.34. The molecular weight excluding hydrogens is 330 g/mol. The van der Waals surface area contributed by atoms with Crippen LogP contribution in [-0.4, -0.2) is 67.0 Å². The number of hydrogen-bond acceptors (Lipinski definition) is 4. The fourth-order valence-electron chi connectivity index (χ4n) is 2.89. The summed E-state index contributed by atoms with van der Waals surface area (Å²) in [7, 11) is 0. The van der Waals surface area contributed by atoms with Crippen LogP contribution in [0.4, 0.5) is 0 Å². The molecule has 1 aliphatic heterocycles. The molecule has 0 aromatic heterocycles. The molecule has 0 aliphatic carbocycles. The van der Waals surface area contributed by atoms with Crippen molar-refractivity contribution in [2.45, 2.75) is 39.7 Å². The summed E-state index contributed by atoms with van der Waals surface area (Å²) in [5.41, 5.74) is 0.679. The van der Waals surface area contributed by atoms with Crippen molar-refractivity contribution in [3.05, 3.63) is 29.8 Å². The maximum Gasteiger partial charge on any atom is 0.253 e. The monoisotopic (exact) mass is 361 g/mol. The summed E-state index contributed by atoms with van der Waals surface area (Å²) in [4.78, 5) is 28.4. The molecule has 2 amide bonds. The van der Waals surface area contributed by atoms with Crippen molar-refractivity contribution < 1.29 is 14.3 Å². The molecule has 0 spiro atoms. The SMILES string of the molecule is CCCCOc1ccc(C(=O)N2CCN(CC(=O)NC(C)C)CC2)cc1. The molecule has 1 fully saturated rings. The van der Waals surface area contributed by atoms with Gasteiger partial charge >= 0.3 is 0 Å². The van der Waals surface area contributed by atoms with Crippen molar-refractivity contribution in [1.29, 1.82) is 0 Å². The lowest BCUT2D eigenvalue weighted by atomic mass is 10.1. The van der Waals surface area contributed by atoms with Crippen molar-refractivity contribution in [2.75, 3.05) is 39.3 Å². The Hall–Kier alpha value is -2.08. The van der Waals surface area contributed by atoms with Crippen molar-refractivity contribution in [3.63, 3.8) is 0 Å². The second-order valence-electron chi connectivity index (χ2n) is 7.02. The van der Waals surface area contributed by atoms with E-state index in [1.807, 2.05) is 43.0 Å². The largest absolute Gasteiger partial charge is 0.494 e.